The summed E-state index contributed by atoms with van der Waals surface area (Å²) in [5.41, 5.74) is 1.41. The molecule has 0 radical (unpaired) electrons. The third-order valence-electron chi connectivity index (χ3n) is 12.5. The van der Waals surface area contributed by atoms with E-state index < -0.39 is 5.91 Å². The molecule has 1 aromatic heterocycles. The maximum Gasteiger partial charge on any atom is 0.273 e. The molecule has 0 saturated heterocycles. The number of anilines is 1. The molecule has 0 spiro atoms. The quantitative estimate of drug-likeness (QED) is 0.0770. The molecule has 2 amide bonds. The van der Waals surface area contributed by atoms with Crippen LogP contribution in [0, 0.1) is 13.8 Å². The second-order valence-corrected chi connectivity index (χ2v) is 20.2. The number of aryl methyl sites for hydroxylation is 2. The molecule has 96 heavy (non-hydrogen) atoms. The smallest absolute Gasteiger partial charge is 0.273 e. The van der Waals surface area contributed by atoms with Crippen LogP contribution < -0.4 is 16.0 Å². The van der Waals surface area contributed by atoms with Crippen LogP contribution in [0.15, 0.2) is 0 Å². The van der Waals surface area contributed by atoms with E-state index in [0.29, 0.717) is 321 Å². The SMILES string of the molecule is COCCOCCOCCOCCOCCOCCOCCOCCOCCOCCOCCOCCC(=O)CCCNC(=O)c1nc(C)c(C)nc1NCCNC(=O)CCOCCOCCOCCOCCOCCOCCOCCOCCOCCOCCOCCOC. The molecule has 0 saturated carbocycles. The van der Waals surface area contributed by atoms with Crippen LogP contribution >= 0.6 is 0 Å². The van der Waals surface area contributed by atoms with Crippen LogP contribution in [0.1, 0.15) is 47.6 Å². The molecule has 0 unspecified atom stereocenters. The zero-order valence-electron chi connectivity index (χ0n) is 58.4. The first-order valence-corrected chi connectivity index (χ1v) is 33.7. The van der Waals surface area contributed by atoms with E-state index in [4.69, 9.17) is 114 Å². The van der Waals surface area contributed by atoms with E-state index in [2.05, 4.69) is 25.9 Å². The van der Waals surface area contributed by atoms with E-state index in [1.165, 1.54) is 0 Å². The van der Waals surface area contributed by atoms with Crippen molar-refractivity contribution in [1.82, 2.24) is 20.6 Å². The van der Waals surface area contributed by atoms with E-state index in [9.17, 15) is 14.4 Å². The molecular weight excluding hydrogens is 1270 g/mol. The molecule has 0 aliphatic carbocycles. The second-order valence-electron chi connectivity index (χ2n) is 20.2. The van der Waals surface area contributed by atoms with Crippen LogP contribution in [0.25, 0.3) is 0 Å². The van der Waals surface area contributed by atoms with Crippen LogP contribution in [0.2, 0.25) is 0 Å². The van der Waals surface area contributed by atoms with Crippen molar-refractivity contribution in [2.24, 2.45) is 0 Å². The van der Waals surface area contributed by atoms with Crippen molar-refractivity contribution in [3.63, 3.8) is 0 Å². The van der Waals surface area contributed by atoms with Gasteiger partial charge in [0.25, 0.3) is 5.91 Å². The average Bonchev–Trinajstić information content (AvgIpc) is 0.885. The van der Waals surface area contributed by atoms with E-state index in [-0.39, 0.29) is 63.0 Å². The van der Waals surface area contributed by atoms with Crippen LogP contribution in [-0.4, -0.2) is 365 Å². The molecule has 0 aliphatic heterocycles. The van der Waals surface area contributed by atoms with E-state index in [1.807, 2.05) is 0 Å². The Kier molecular flexibility index (Phi) is 71.4. The van der Waals surface area contributed by atoms with Gasteiger partial charge in [0, 0.05) is 53.1 Å². The van der Waals surface area contributed by atoms with Gasteiger partial charge in [0.1, 0.15) is 5.78 Å². The number of hydrogen-bond donors (Lipinski definition) is 3. The lowest BCUT2D eigenvalue weighted by atomic mass is 10.2. The summed E-state index contributed by atoms with van der Waals surface area (Å²) in [4.78, 5) is 47.0. The molecule has 32 heteroatoms. The van der Waals surface area contributed by atoms with Crippen LogP contribution in [0.3, 0.4) is 0 Å². The Balaban J connectivity index is 1.86. The molecule has 0 atom stereocenters. The predicted octanol–water partition coefficient (Wildman–Crippen LogP) is 1.14. The number of nitrogens with one attached hydrogen (secondary N) is 3. The molecular formula is C64H121N5O27. The minimum absolute atomic E-state index is 0.0310. The summed E-state index contributed by atoms with van der Waals surface area (Å²) in [6, 6.07) is 0. The lowest BCUT2D eigenvalue weighted by Gasteiger charge is -2.13. The van der Waals surface area contributed by atoms with Gasteiger partial charge in [0.2, 0.25) is 5.91 Å². The van der Waals surface area contributed by atoms with Gasteiger partial charge in [-0.3, -0.25) is 14.4 Å². The summed E-state index contributed by atoms with van der Waals surface area (Å²) < 4.78 is 130. The molecule has 1 rings (SSSR count). The number of carbonyl (C=O) groups excluding carboxylic acids is 3. The summed E-state index contributed by atoms with van der Waals surface area (Å²) >= 11 is 0. The number of ketones is 1. The Bertz CT molecular complexity index is 1830. The first kappa shape index (κ1) is 90.5. The zero-order valence-corrected chi connectivity index (χ0v) is 58.4. The summed E-state index contributed by atoms with van der Waals surface area (Å²) in [6.07, 6.45) is 1.18. The number of methoxy groups -OCH3 is 2. The lowest BCUT2D eigenvalue weighted by Crippen LogP contribution is -2.31. The molecule has 564 valence electrons. The predicted molar refractivity (Wildman–Crippen MR) is 351 cm³/mol. The maximum atomic E-state index is 13.1. The van der Waals surface area contributed by atoms with Crippen molar-refractivity contribution in [2.75, 3.05) is 343 Å². The van der Waals surface area contributed by atoms with Gasteiger partial charge in [-0.05, 0) is 20.3 Å². The standard InChI is InChI=1S/C64H121N5O27/c1-58-59(2)69-63(66-11-10-65-61(71)8-13-76-19-21-80-27-29-84-35-37-88-43-45-92-51-53-96-57-55-94-49-47-90-41-39-86-33-31-82-25-23-78-17-15-74-4)62(68-58)64(72)67-9-5-6-60(70)7-12-75-18-20-79-26-28-83-34-36-87-42-44-91-50-52-95-56-54-93-48-46-89-40-38-85-32-30-81-24-22-77-16-14-73-3/h5-57H2,1-4H3,(H,65,71)(H,66,69)(H,67,72). The molecule has 0 fully saturated rings. The molecule has 32 nitrogen and oxygen atoms in total. The minimum atomic E-state index is -0.416. The number of aromatic nitrogens is 2. The molecule has 0 aromatic carbocycles. The van der Waals surface area contributed by atoms with Crippen molar-refractivity contribution in [3.8, 4) is 0 Å². The van der Waals surface area contributed by atoms with Crippen molar-refractivity contribution >= 4 is 23.4 Å². The number of amides is 2. The highest BCUT2D eigenvalue weighted by Gasteiger charge is 2.17. The number of Topliss-reactive ketones (excluding diaryl/α,β-unsaturated/α-hetero) is 1. The average molecular weight is 1390 g/mol. The van der Waals surface area contributed by atoms with Gasteiger partial charge >= 0.3 is 0 Å². The number of hydrogen-bond acceptors (Lipinski definition) is 30. The molecule has 1 aromatic rings. The summed E-state index contributed by atoms with van der Waals surface area (Å²) in [6.45, 7) is 25.8. The van der Waals surface area contributed by atoms with Gasteiger partial charge in [0.15, 0.2) is 11.5 Å². The summed E-state index contributed by atoms with van der Waals surface area (Å²) in [5.74, 6) is -0.264. The Morgan fingerprint density at radius 3 is 0.781 bits per heavy atom. The largest absolute Gasteiger partial charge is 0.382 e. The Hall–Kier alpha value is -3.47. The van der Waals surface area contributed by atoms with E-state index in [0.717, 1.165) is 0 Å². The Morgan fingerprint density at radius 1 is 0.271 bits per heavy atom. The highest BCUT2D eigenvalue weighted by Crippen LogP contribution is 2.13. The number of ether oxygens (including phenoxy) is 24. The maximum absolute atomic E-state index is 13.1. The van der Waals surface area contributed by atoms with Crippen molar-refractivity contribution < 1.29 is 128 Å². The fraction of sp³-hybridized carbons (Fsp3) is 0.891. The Morgan fingerprint density at radius 2 is 0.510 bits per heavy atom. The molecule has 0 bridgehead atoms. The highest BCUT2D eigenvalue weighted by molar-refractivity contribution is 5.96. The summed E-state index contributed by atoms with van der Waals surface area (Å²) in [5, 5.41) is 8.78. The monoisotopic (exact) mass is 1390 g/mol. The fourth-order valence-electron chi connectivity index (χ4n) is 7.29. The van der Waals surface area contributed by atoms with Crippen molar-refractivity contribution in [2.45, 2.75) is 39.5 Å². The van der Waals surface area contributed by atoms with Gasteiger partial charge in [-0.15, -0.1) is 0 Å². The van der Waals surface area contributed by atoms with Gasteiger partial charge in [-0.25, -0.2) is 9.97 Å². The molecule has 1 heterocycles. The van der Waals surface area contributed by atoms with Crippen molar-refractivity contribution in [3.05, 3.63) is 17.1 Å². The van der Waals surface area contributed by atoms with E-state index in [1.54, 1.807) is 28.1 Å². The normalized spacial score (nSPS) is 11.5. The third-order valence-corrected chi connectivity index (χ3v) is 12.5. The lowest BCUT2D eigenvalue weighted by molar-refractivity contribution is -0.122. The third kappa shape index (κ3) is 66.4. The Labute approximate surface area is 570 Å². The van der Waals surface area contributed by atoms with Gasteiger partial charge in [0.05, 0.1) is 315 Å². The second kappa shape index (κ2) is 75.7. The summed E-state index contributed by atoms with van der Waals surface area (Å²) in [7, 11) is 3.28. The van der Waals surface area contributed by atoms with Gasteiger partial charge < -0.3 is 130 Å². The van der Waals surface area contributed by atoms with Crippen molar-refractivity contribution in [1.29, 1.82) is 0 Å². The number of rotatable bonds is 81. The van der Waals surface area contributed by atoms with Crippen LogP contribution in [0.4, 0.5) is 5.82 Å². The first-order chi connectivity index (χ1) is 47.4. The van der Waals surface area contributed by atoms with Crippen LogP contribution in [-0.2, 0) is 123 Å². The zero-order chi connectivity index (χ0) is 69.0. The number of carbonyl (C=O) groups is 3. The molecule has 3 N–H and O–H groups in total. The van der Waals surface area contributed by atoms with Gasteiger partial charge in [-0.1, -0.05) is 0 Å². The van der Waals surface area contributed by atoms with Gasteiger partial charge in [-0.2, -0.15) is 0 Å². The molecule has 0 aliphatic rings. The fourth-order valence-corrected chi connectivity index (χ4v) is 7.29. The van der Waals surface area contributed by atoms with Crippen LogP contribution in [0.5, 0.6) is 0 Å². The highest BCUT2D eigenvalue weighted by atomic mass is 16.6. The minimum Gasteiger partial charge on any atom is -0.382 e. The number of nitrogens with zero attached hydrogens (tertiary/aromatic N) is 2. The van der Waals surface area contributed by atoms with E-state index >= 15 is 0 Å². The topological polar surface area (TPSA) is 335 Å². The first-order valence-electron chi connectivity index (χ1n) is 33.7.